The maximum Gasteiger partial charge on any atom is 0.193 e. The minimum atomic E-state index is 0. The first-order chi connectivity index (χ1) is 12.3. The molecule has 6 nitrogen and oxygen atoms in total. The van der Waals surface area contributed by atoms with Crippen LogP contribution in [-0.2, 0) is 15.9 Å². The average Bonchev–Trinajstić information content (AvgIpc) is 3.16. The third-order valence-corrected chi connectivity index (χ3v) is 4.31. The van der Waals surface area contributed by atoms with E-state index in [0.717, 1.165) is 83.2 Å². The number of aliphatic imine (C=N–C) groups is 1. The van der Waals surface area contributed by atoms with E-state index in [0.29, 0.717) is 6.10 Å². The van der Waals surface area contributed by atoms with Crippen molar-refractivity contribution in [1.29, 1.82) is 0 Å². The molecular formula is C19H34IN3O3. The molecule has 0 bridgehead atoms. The molecule has 0 aliphatic carbocycles. The number of likely N-dealkylation sites (tertiary alicyclic amines) is 1. The van der Waals surface area contributed by atoms with Gasteiger partial charge in [0.25, 0.3) is 0 Å². The maximum atomic E-state index is 5.94. The van der Waals surface area contributed by atoms with Gasteiger partial charge in [-0.25, -0.2) is 0 Å². The minimum absolute atomic E-state index is 0. The second-order valence-electron chi connectivity index (χ2n) is 6.37. The van der Waals surface area contributed by atoms with Crippen molar-refractivity contribution in [3.63, 3.8) is 0 Å². The summed E-state index contributed by atoms with van der Waals surface area (Å²) in [6.07, 6.45) is 7.09. The standard InChI is InChI=1S/C19H33N3O3.HI/c1-3-10-20-19(21-11-7-17-6-4-15-24-17)22-12-8-18(9-13-22)25-16-5-14-23-2;/h4,6,15,18H,3,5,7-14,16H2,1-2H3,(H,20,21);1H. The van der Waals surface area contributed by atoms with Crippen molar-refractivity contribution in [2.45, 2.75) is 45.1 Å². The Morgan fingerprint density at radius 2 is 2.15 bits per heavy atom. The van der Waals surface area contributed by atoms with Crippen LogP contribution in [0, 0.1) is 0 Å². The van der Waals surface area contributed by atoms with E-state index in [-0.39, 0.29) is 24.0 Å². The largest absolute Gasteiger partial charge is 0.469 e. The second-order valence-corrected chi connectivity index (χ2v) is 6.37. The van der Waals surface area contributed by atoms with E-state index in [2.05, 4.69) is 17.1 Å². The van der Waals surface area contributed by atoms with Gasteiger partial charge in [-0.15, -0.1) is 24.0 Å². The second kappa shape index (κ2) is 14.3. The number of nitrogens with zero attached hydrogens (tertiary/aromatic N) is 2. The molecule has 1 N–H and O–H groups in total. The molecule has 26 heavy (non-hydrogen) atoms. The van der Waals surface area contributed by atoms with E-state index in [4.69, 9.17) is 18.9 Å². The summed E-state index contributed by atoms with van der Waals surface area (Å²) >= 11 is 0. The summed E-state index contributed by atoms with van der Waals surface area (Å²) in [5, 5.41) is 3.50. The van der Waals surface area contributed by atoms with Gasteiger partial charge in [0.1, 0.15) is 5.76 Å². The number of piperidine rings is 1. The molecule has 0 aromatic carbocycles. The lowest BCUT2D eigenvalue weighted by Gasteiger charge is -2.34. The fraction of sp³-hybridized carbons (Fsp3) is 0.737. The number of methoxy groups -OCH3 is 1. The van der Waals surface area contributed by atoms with Gasteiger partial charge in [0.2, 0.25) is 0 Å². The molecule has 0 saturated carbocycles. The molecule has 0 amide bonds. The number of nitrogens with one attached hydrogen (secondary N) is 1. The fourth-order valence-corrected chi connectivity index (χ4v) is 2.93. The van der Waals surface area contributed by atoms with E-state index in [1.807, 2.05) is 12.1 Å². The smallest absolute Gasteiger partial charge is 0.193 e. The van der Waals surface area contributed by atoms with Crippen molar-refractivity contribution in [3.8, 4) is 0 Å². The van der Waals surface area contributed by atoms with E-state index in [1.165, 1.54) is 0 Å². The number of furan rings is 1. The fourth-order valence-electron chi connectivity index (χ4n) is 2.93. The molecule has 2 rings (SSSR count). The summed E-state index contributed by atoms with van der Waals surface area (Å²) < 4.78 is 16.4. The van der Waals surface area contributed by atoms with Gasteiger partial charge in [-0.2, -0.15) is 0 Å². The molecule has 150 valence electrons. The van der Waals surface area contributed by atoms with Crippen LogP contribution in [0.2, 0.25) is 0 Å². The third-order valence-electron chi connectivity index (χ3n) is 4.31. The zero-order valence-corrected chi connectivity index (χ0v) is 18.4. The monoisotopic (exact) mass is 479 g/mol. The topological polar surface area (TPSA) is 59.2 Å². The van der Waals surface area contributed by atoms with Crippen molar-refractivity contribution in [2.24, 2.45) is 4.99 Å². The highest BCUT2D eigenvalue weighted by atomic mass is 127. The van der Waals surface area contributed by atoms with Gasteiger partial charge in [-0.1, -0.05) is 6.92 Å². The summed E-state index contributed by atoms with van der Waals surface area (Å²) in [6, 6.07) is 3.94. The molecule has 1 aliphatic heterocycles. The number of guanidine groups is 1. The quantitative estimate of drug-likeness (QED) is 0.242. The SMILES string of the molecule is CCCN=C(NCCc1ccco1)N1CCC(OCCCOC)CC1.I. The number of rotatable bonds is 10. The highest BCUT2D eigenvalue weighted by molar-refractivity contribution is 14.0. The molecule has 1 aromatic heterocycles. The van der Waals surface area contributed by atoms with Crippen LogP contribution in [0.3, 0.4) is 0 Å². The van der Waals surface area contributed by atoms with Gasteiger partial charge >= 0.3 is 0 Å². The zero-order chi connectivity index (χ0) is 17.7. The van der Waals surface area contributed by atoms with Crippen molar-refractivity contribution in [1.82, 2.24) is 10.2 Å². The summed E-state index contributed by atoms with van der Waals surface area (Å²) in [6.45, 7) is 7.39. The van der Waals surface area contributed by atoms with Crippen molar-refractivity contribution < 1.29 is 13.9 Å². The van der Waals surface area contributed by atoms with E-state index in [9.17, 15) is 0 Å². The summed E-state index contributed by atoms with van der Waals surface area (Å²) in [5.41, 5.74) is 0. The Morgan fingerprint density at radius 3 is 2.81 bits per heavy atom. The van der Waals surface area contributed by atoms with E-state index < -0.39 is 0 Å². The average molecular weight is 479 g/mol. The Morgan fingerprint density at radius 1 is 1.35 bits per heavy atom. The Balaban J connectivity index is 0.00000338. The van der Waals surface area contributed by atoms with Gasteiger partial charge in [-0.3, -0.25) is 4.99 Å². The Labute approximate surface area is 174 Å². The number of ether oxygens (including phenoxy) is 2. The van der Waals surface area contributed by atoms with Crippen LogP contribution in [0.5, 0.6) is 0 Å². The Hall–Kier alpha value is -0.800. The molecule has 0 spiro atoms. The predicted octanol–water partition coefficient (Wildman–Crippen LogP) is 3.31. The summed E-state index contributed by atoms with van der Waals surface area (Å²) in [5.74, 6) is 2.02. The van der Waals surface area contributed by atoms with Crippen LogP contribution in [0.15, 0.2) is 27.8 Å². The van der Waals surface area contributed by atoms with Crippen LogP contribution >= 0.6 is 24.0 Å². The van der Waals surface area contributed by atoms with Crippen LogP contribution in [0.25, 0.3) is 0 Å². The zero-order valence-electron chi connectivity index (χ0n) is 16.1. The lowest BCUT2D eigenvalue weighted by molar-refractivity contribution is 0.00990. The van der Waals surface area contributed by atoms with Gasteiger partial charge in [0.15, 0.2) is 5.96 Å². The van der Waals surface area contributed by atoms with Gasteiger partial charge in [-0.05, 0) is 37.8 Å². The first-order valence-corrected chi connectivity index (χ1v) is 9.49. The van der Waals surface area contributed by atoms with Crippen molar-refractivity contribution in [3.05, 3.63) is 24.2 Å². The Bertz CT molecular complexity index is 474. The molecule has 1 aromatic rings. The van der Waals surface area contributed by atoms with E-state index in [1.54, 1.807) is 13.4 Å². The number of hydrogen-bond acceptors (Lipinski definition) is 4. The number of halogens is 1. The van der Waals surface area contributed by atoms with Crippen LogP contribution in [0.1, 0.15) is 38.4 Å². The summed E-state index contributed by atoms with van der Waals surface area (Å²) in [7, 11) is 1.73. The number of hydrogen-bond donors (Lipinski definition) is 1. The van der Waals surface area contributed by atoms with Crippen molar-refractivity contribution >= 4 is 29.9 Å². The molecule has 2 heterocycles. The molecule has 0 atom stereocenters. The molecule has 0 unspecified atom stereocenters. The lowest BCUT2D eigenvalue weighted by Crippen LogP contribution is -2.47. The maximum absolute atomic E-state index is 5.94. The summed E-state index contributed by atoms with van der Waals surface area (Å²) in [4.78, 5) is 7.09. The highest BCUT2D eigenvalue weighted by Crippen LogP contribution is 2.14. The predicted molar refractivity (Wildman–Crippen MR) is 115 cm³/mol. The van der Waals surface area contributed by atoms with E-state index >= 15 is 0 Å². The highest BCUT2D eigenvalue weighted by Gasteiger charge is 2.21. The van der Waals surface area contributed by atoms with Gasteiger partial charge in [0, 0.05) is 52.9 Å². The molecular weight excluding hydrogens is 445 g/mol. The van der Waals surface area contributed by atoms with Crippen LogP contribution in [-0.4, -0.2) is 63.5 Å². The van der Waals surface area contributed by atoms with Crippen molar-refractivity contribution in [2.75, 3.05) is 46.5 Å². The molecule has 0 radical (unpaired) electrons. The molecule has 7 heteroatoms. The first-order valence-electron chi connectivity index (χ1n) is 9.49. The van der Waals surface area contributed by atoms with Crippen LogP contribution in [0.4, 0.5) is 0 Å². The lowest BCUT2D eigenvalue weighted by atomic mass is 10.1. The van der Waals surface area contributed by atoms with Gasteiger partial charge in [0.05, 0.1) is 12.4 Å². The third kappa shape index (κ3) is 8.73. The normalized spacial score (nSPS) is 15.8. The molecule has 1 saturated heterocycles. The van der Waals surface area contributed by atoms with Gasteiger partial charge < -0.3 is 24.1 Å². The van der Waals surface area contributed by atoms with Crippen LogP contribution < -0.4 is 5.32 Å². The molecule has 1 fully saturated rings. The Kier molecular flexibility index (Phi) is 12.8. The minimum Gasteiger partial charge on any atom is -0.469 e. The first kappa shape index (κ1) is 23.2. The molecule has 1 aliphatic rings.